The van der Waals surface area contributed by atoms with Gasteiger partial charge in [0.15, 0.2) is 0 Å². The Morgan fingerprint density at radius 3 is 2.61 bits per heavy atom. The molecule has 4 N–H and O–H groups in total. The van der Waals surface area contributed by atoms with Gasteiger partial charge in [0, 0.05) is 12.2 Å². The van der Waals surface area contributed by atoms with E-state index in [1.807, 2.05) is 6.07 Å². The molecule has 9 nitrogen and oxygen atoms in total. The van der Waals surface area contributed by atoms with Crippen LogP contribution >= 0.6 is 23.2 Å². The number of nitrogen functional groups attached to an aromatic ring is 1. The molecule has 0 radical (unpaired) electrons. The molecule has 12 heteroatoms. The molecule has 2 aromatic carbocycles. The number of nitrogens with two attached hydrogens (primary N) is 1. The van der Waals surface area contributed by atoms with E-state index in [-0.39, 0.29) is 27.0 Å². The summed E-state index contributed by atoms with van der Waals surface area (Å²) in [6, 6.07) is 14.4. The maximum absolute atomic E-state index is 13.7. The average Bonchev–Trinajstić information content (AvgIpc) is 2.84. The number of anilines is 3. The Morgan fingerprint density at radius 2 is 1.86 bits per heavy atom. The molecular weight excluding hydrogens is 525 g/mol. The van der Waals surface area contributed by atoms with Crippen molar-refractivity contribution in [1.29, 1.82) is 0 Å². The van der Waals surface area contributed by atoms with Crippen molar-refractivity contribution in [2.24, 2.45) is 0 Å². The van der Waals surface area contributed by atoms with E-state index in [2.05, 4.69) is 15.6 Å². The first kappa shape index (κ1) is 25.7. The zero-order chi connectivity index (χ0) is 25.9. The molecule has 0 saturated carbocycles. The van der Waals surface area contributed by atoms with Gasteiger partial charge in [0.2, 0.25) is 11.8 Å². The van der Waals surface area contributed by atoms with E-state index in [1.165, 1.54) is 18.2 Å². The third-order valence-corrected chi connectivity index (χ3v) is 8.13. The third-order valence-electron chi connectivity index (χ3n) is 5.57. The van der Waals surface area contributed by atoms with Crippen molar-refractivity contribution in [3.05, 3.63) is 76.4 Å². The number of halogens is 2. The normalized spacial score (nSPS) is 15.2. The Labute approximate surface area is 218 Å². The highest BCUT2D eigenvalue weighted by Crippen LogP contribution is 2.38. The van der Waals surface area contributed by atoms with Crippen molar-refractivity contribution in [3.8, 4) is 0 Å². The minimum Gasteiger partial charge on any atom is -0.384 e. The fourth-order valence-electron chi connectivity index (χ4n) is 3.87. The molecule has 0 saturated heterocycles. The number of pyridine rings is 1. The number of fused-ring (bicyclic) bond motifs is 1. The minimum atomic E-state index is -4.28. The number of benzene rings is 2. The van der Waals surface area contributed by atoms with Crippen molar-refractivity contribution in [2.45, 2.75) is 30.2 Å². The molecule has 1 aromatic heterocycles. The average molecular weight is 548 g/mol. The molecule has 36 heavy (non-hydrogen) atoms. The van der Waals surface area contributed by atoms with E-state index in [4.69, 9.17) is 28.9 Å². The number of sulfonamides is 1. The lowest BCUT2D eigenvalue weighted by Crippen LogP contribution is -2.52. The van der Waals surface area contributed by atoms with E-state index < -0.39 is 27.9 Å². The summed E-state index contributed by atoms with van der Waals surface area (Å²) in [6.07, 6.45) is 0.810. The molecule has 4 rings (SSSR count). The van der Waals surface area contributed by atoms with Gasteiger partial charge >= 0.3 is 0 Å². The summed E-state index contributed by atoms with van der Waals surface area (Å²) in [5.74, 6) is -0.663. The van der Waals surface area contributed by atoms with Crippen LogP contribution < -0.4 is 20.7 Å². The van der Waals surface area contributed by atoms with Crippen molar-refractivity contribution in [3.63, 3.8) is 0 Å². The zero-order valence-corrected chi connectivity index (χ0v) is 21.3. The number of amides is 2. The molecule has 2 amide bonds. The first-order valence-corrected chi connectivity index (χ1v) is 13.2. The van der Waals surface area contributed by atoms with Crippen molar-refractivity contribution >= 4 is 62.2 Å². The Bertz CT molecular complexity index is 1420. The molecule has 1 aliphatic rings. The topological polar surface area (TPSA) is 134 Å². The maximum atomic E-state index is 13.7. The van der Waals surface area contributed by atoms with Gasteiger partial charge in [-0.15, -0.1) is 0 Å². The van der Waals surface area contributed by atoms with E-state index >= 15 is 0 Å². The zero-order valence-electron chi connectivity index (χ0n) is 18.9. The SMILES string of the molecule is Nc1cccc(CCCNC(=O)C[C@@H]2C(=O)Nc3ccccc3N2S(=O)(=O)c2ccc(Cl)c(Cl)c2)n1. The minimum absolute atomic E-state index is 0.0523. The summed E-state index contributed by atoms with van der Waals surface area (Å²) in [5.41, 5.74) is 7.04. The number of hydrogen-bond acceptors (Lipinski definition) is 6. The lowest BCUT2D eigenvalue weighted by atomic mass is 10.1. The van der Waals surface area contributed by atoms with Crippen molar-refractivity contribution < 1.29 is 18.0 Å². The second-order valence-corrected chi connectivity index (χ2v) is 10.7. The van der Waals surface area contributed by atoms with E-state index in [0.29, 0.717) is 30.9 Å². The monoisotopic (exact) mass is 547 g/mol. The molecule has 0 spiro atoms. The van der Waals surface area contributed by atoms with Gasteiger partial charge in [-0.05, 0) is 55.3 Å². The summed E-state index contributed by atoms with van der Waals surface area (Å²) < 4.78 is 28.4. The van der Waals surface area contributed by atoms with Crippen LogP contribution in [0.4, 0.5) is 17.2 Å². The van der Waals surface area contributed by atoms with Crippen LogP contribution in [0.25, 0.3) is 0 Å². The molecule has 188 valence electrons. The lowest BCUT2D eigenvalue weighted by molar-refractivity contribution is -0.125. The van der Waals surface area contributed by atoms with Crippen LogP contribution in [0.3, 0.4) is 0 Å². The molecule has 2 heterocycles. The number of nitrogens with zero attached hydrogens (tertiary/aromatic N) is 2. The predicted molar refractivity (Wildman–Crippen MR) is 140 cm³/mol. The fraction of sp³-hybridized carbons (Fsp3) is 0.208. The number of aromatic nitrogens is 1. The van der Waals surface area contributed by atoms with Gasteiger partial charge in [-0.2, -0.15) is 0 Å². The van der Waals surface area contributed by atoms with Crippen LogP contribution in [0, 0.1) is 0 Å². The molecule has 0 bridgehead atoms. The lowest BCUT2D eigenvalue weighted by Gasteiger charge is -2.36. The summed E-state index contributed by atoms with van der Waals surface area (Å²) in [6.45, 7) is 0.319. The second-order valence-electron chi connectivity index (χ2n) is 8.11. The fourth-order valence-corrected chi connectivity index (χ4v) is 5.89. The highest BCUT2D eigenvalue weighted by molar-refractivity contribution is 7.93. The Balaban J connectivity index is 1.53. The van der Waals surface area contributed by atoms with Gasteiger partial charge in [0.05, 0.1) is 32.7 Å². The largest absolute Gasteiger partial charge is 0.384 e. The van der Waals surface area contributed by atoms with Crippen LogP contribution in [0.5, 0.6) is 0 Å². The second kappa shape index (κ2) is 10.7. The number of rotatable bonds is 8. The van der Waals surface area contributed by atoms with E-state index in [9.17, 15) is 18.0 Å². The van der Waals surface area contributed by atoms with Crippen LogP contribution in [0.15, 0.2) is 65.6 Å². The van der Waals surface area contributed by atoms with Gasteiger partial charge in [-0.1, -0.05) is 41.4 Å². The first-order valence-electron chi connectivity index (χ1n) is 11.0. The quantitative estimate of drug-likeness (QED) is 0.368. The summed E-state index contributed by atoms with van der Waals surface area (Å²) in [5, 5.41) is 5.68. The van der Waals surface area contributed by atoms with Gasteiger partial charge in [-0.3, -0.25) is 13.9 Å². The standard InChI is InChI=1S/C24H23Cl2N5O4S/c25-17-11-10-16(13-18(17)26)36(34,35)31-20-8-2-1-7-19(20)30-24(33)21(31)14-23(32)28-12-4-6-15-5-3-9-22(27)29-15/h1-3,5,7-11,13,21H,4,6,12,14H2,(H2,27,29)(H,28,32)(H,30,33)/t21-/m1/s1. The molecular formula is C24H23Cl2N5O4S. The predicted octanol–water partition coefficient (Wildman–Crippen LogP) is 3.63. The maximum Gasteiger partial charge on any atom is 0.265 e. The van der Waals surface area contributed by atoms with E-state index in [0.717, 1.165) is 10.00 Å². The molecule has 3 aromatic rings. The third kappa shape index (κ3) is 5.56. The molecule has 0 fully saturated rings. The number of nitrogens with one attached hydrogen (secondary N) is 2. The number of carbonyl (C=O) groups excluding carboxylic acids is 2. The summed E-state index contributed by atoms with van der Waals surface area (Å²) in [4.78, 5) is 29.8. The first-order chi connectivity index (χ1) is 17.2. The molecule has 1 atom stereocenters. The van der Waals surface area contributed by atoms with Crippen molar-refractivity contribution in [1.82, 2.24) is 10.3 Å². The molecule has 0 aliphatic carbocycles. The number of para-hydroxylation sites is 2. The van der Waals surface area contributed by atoms with E-state index in [1.54, 1.807) is 36.4 Å². The highest BCUT2D eigenvalue weighted by Gasteiger charge is 2.42. The summed E-state index contributed by atoms with van der Waals surface area (Å²) in [7, 11) is -4.28. The number of carbonyl (C=O) groups is 2. The van der Waals surface area contributed by atoms with Crippen molar-refractivity contribution in [2.75, 3.05) is 21.9 Å². The summed E-state index contributed by atoms with van der Waals surface area (Å²) >= 11 is 12.0. The van der Waals surface area contributed by atoms with Crippen LogP contribution in [0.2, 0.25) is 10.0 Å². The van der Waals surface area contributed by atoms with Gasteiger partial charge in [-0.25, -0.2) is 13.4 Å². The van der Waals surface area contributed by atoms with Gasteiger partial charge < -0.3 is 16.4 Å². The van der Waals surface area contributed by atoms with Crippen LogP contribution in [-0.4, -0.2) is 37.8 Å². The number of aryl methyl sites for hydroxylation is 1. The van der Waals surface area contributed by atoms with Crippen LogP contribution in [0.1, 0.15) is 18.5 Å². The molecule has 0 unspecified atom stereocenters. The smallest absolute Gasteiger partial charge is 0.265 e. The Morgan fingerprint density at radius 1 is 1.08 bits per heavy atom. The Kier molecular flexibility index (Phi) is 7.67. The van der Waals surface area contributed by atoms with Gasteiger partial charge in [0.1, 0.15) is 11.9 Å². The Hall–Kier alpha value is -3.34. The van der Waals surface area contributed by atoms with Gasteiger partial charge in [0.25, 0.3) is 10.0 Å². The number of hydrogen-bond donors (Lipinski definition) is 3. The van der Waals surface area contributed by atoms with Crippen LogP contribution in [-0.2, 0) is 26.0 Å². The molecule has 1 aliphatic heterocycles. The highest BCUT2D eigenvalue weighted by atomic mass is 35.5.